The second kappa shape index (κ2) is 8.71. The minimum Gasteiger partial charge on any atom is -0.329 e. The van der Waals surface area contributed by atoms with Crippen LogP contribution in [0.2, 0.25) is 0 Å². The summed E-state index contributed by atoms with van der Waals surface area (Å²) >= 11 is 1.36. The molecule has 1 aromatic carbocycles. The first-order valence-electron chi connectivity index (χ1n) is 8.13. The Balaban J connectivity index is 2.10. The number of nitrogens with one attached hydrogen (secondary N) is 1. The zero-order chi connectivity index (χ0) is 18.4. The van der Waals surface area contributed by atoms with Crippen LogP contribution in [0.1, 0.15) is 35.5 Å². The topological polar surface area (TPSA) is 62.3 Å². The highest BCUT2D eigenvalue weighted by Gasteiger charge is 2.22. The van der Waals surface area contributed by atoms with Crippen molar-refractivity contribution in [2.24, 2.45) is 5.92 Å². The first-order valence-corrected chi connectivity index (χ1v) is 8.94. The number of hydrogen-bond acceptors (Lipinski definition) is 4. The molecule has 0 atom stereocenters. The predicted octanol–water partition coefficient (Wildman–Crippen LogP) is 3.72. The summed E-state index contributed by atoms with van der Waals surface area (Å²) in [7, 11) is 0. The Labute approximate surface area is 150 Å². The van der Waals surface area contributed by atoms with Gasteiger partial charge in [-0.15, -0.1) is 11.3 Å². The molecule has 1 N–H and O–H groups in total. The van der Waals surface area contributed by atoms with Gasteiger partial charge in [0.1, 0.15) is 12.4 Å². The quantitative estimate of drug-likeness (QED) is 0.815. The van der Waals surface area contributed by atoms with Gasteiger partial charge in [0.2, 0.25) is 5.91 Å². The summed E-state index contributed by atoms with van der Waals surface area (Å²) in [6.45, 7) is 6.20. The molecule has 1 aromatic heterocycles. The number of carbonyl (C=O) groups excluding carboxylic acids is 2. The van der Waals surface area contributed by atoms with Crippen LogP contribution in [0.5, 0.6) is 0 Å². The molecule has 0 radical (unpaired) electrons. The van der Waals surface area contributed by atoms with Crippen LogP contribution in [0.25, 0.3) is 0 Å². The van der Waals surface area contributed by atoms with Gasteiger partial charge in [-0.1, -0.05) is 26.0 Å². The predicted molar refractivity (Wildman–Crippen MR) is 97.2 cm³/mol. The number of aromatic nitrogens is 1. The van der Waals surface area contributed by atoms with Gasteiger partial charge in [0.05, 0.1) is 5.56 Å². The van der Waals surface area contributed by atoms with E-state index in [0.717, 1.165) is 11.3 Å². The Bertz CT molecular complexity index is 745. The lowest BCUT2D eigenvalue weighted by Gasteiger charge is -2.23. The van der Waals surface area contributed by atoms with Gasteiger partial charge in [0.15, 0.2) is 5.13 Å². The summed E-state index contributed by atoms with van der Waals surface area (Å²) in [5.74, 6) is -1.05. The van der Waals surface area contributed by atoms with Crippen molar-refractivity contribution in [2.45, 2.75) is 27.2 Å². The second-order valence-corrected chi connectivity index (χ2v) is 7.45. The van der Waals surface area contributed by atoms with Crippen LogP contribution in [0, 0.1) is 18.7 Å². The molecular formula is C18H22FN3O2S. The number of nitrogens with zero attached hydrogens (tertiary/aromatic N) is 2. The van der Waals surface area contributed by atoms with Gasteiger partial charge in [-0.25, -0.2) is 9.37 Å². The van der Waals surface area contributed by atoms with Crippen LogP contribution >= 0.6 is 11.3 Å². The lowest BCUT2D eigenvalue weighted by atomic mass is 10.1. The zero-order valence-corrected chi connectivity index (χ0v) is 15.4. The molecule has 0 spiro atoms. The standard InChI is InChI=1S/C18H22FN3O2S/c1-12(2)8-9-22(17(24)14-6-4-5-7-15(14)19)11-16(23)21-18-20-10-13(3)25-18/h4-7,10,12H,8-9,11H2,1-3H3,(H,20,21,23). The molecule has 0 saturated heterocycles. The Morgan fingerprint density at radius 2 is 2.04 bits per heavy atom. The number of benzene rings is 1. The van der Waals surface area contributed by atoms with Gasteiger partial charge in [-0.2, -0.15) is 0 Å². The summed E-state index contributed by atoms with van der Waals surface area (Å²) in [5.41, 5.74) is -0.0239. The van der Waals surface area contributed by atoms with Gasteiger partial charge >= 0.3 is 0 Å². The van der Waals surface area contributed by atoms with Crippen molar-refractivity contribution in [3.63, 3.8) is 0 Å². The fourth-order valence-electron chi connectivity index (χ4n) is 2.22. The van der Waals surface area contributed by atoms with Crippen LogP contribution in [0.4, 0.5) is 9.52 Å². The maximum Gasteiger partial charge on any atom is 0.257 e. The molecule has 7 heteroatoms. The molecule has 2 amide bonds. The van der Waals surface area contributed by atoms with Crippen molar-refractivity contribution < 1.29 is 14.0 Å². The minimum atomic E-state index is -0.585. The summed E-state index contributed by atoms with van der Waals surface area (Å²) in [4.78, 5) is 31.4. The van der Waals surface area contributed by atoms with Crippen LogP contribution in [-0.4, -0.2) is 34.8 Å². The first-order chi connectivity index (χ1) is 11.9. The van der Waals surface area contributed by atoms with E-state index in [1.54, 1.807) is 12.3 Å². The minimum absolute atomic E-state index is 0.0239. The van der Waals surface area contributed by atoms with Crippen LogP contribution in [-0.2, 0) is 4.79 Å². The monoisotopic (exact) mass is 363 g/mol. The van der Waals surface area contributed by atoms with Crippen molar-refractivity contribution >= 4 is 28.3 Å². The molecule has 25 heavy (non-hydrogen) atoms. The molecular weight excluding hydrogens is 341 g/mol. The first kappa shape index (κ1) is 19.1. The van der Waals surface area contributed by atoms with Crippen molar-refractivity contribution in [3.05, 3.63) is 46.7 Å². The van der Waals surface area contributed by atoms with E-state index in [4.69, 9.17) is 0 Å². The number of thiazole rings is 1. The average Bonchev–Trinajstić information content (AvgIpc) is 2.96. The Hall–Kier alpha value is -2.28. The molecule has 0 aliphatic carbocycles. The largest absolute Gasteiger partial charge is 0.329 e. The highest BCUT2D eigenvalue weighted by Crippen LogP contribution is 2.17. The van der Waals surface area contributed by atoms with Gasteiger partial charge in [-0.05, 0) is 31.4 Å². The fraction of sp³-hybridized carbons (Fsp3) is 0.389. The molecule has 0 saturated carbocycles. The number of hydrogen-bond donors (Lipinski definition) is 1. The Morgan fingerprint density at radius 3 is 2.64 bits per heavy atom. The summed E-state index contributed by atoms with van der Waals surface area (Å²) in [6.07, 6.45) is 2.39. The highest BCUT2D eigenvalue weighted by atomic mass is 32.1. The number of anilines is 1. The van der Waals surface area contributed by atoms with Crippen LogP contribution in [0.3, 0.4) is 0 Å². The van der Waals surface area contributed by atoms with Gasteiger partial charge < -0.3 is 10.2 Å². The number of carbonyl (C=O) groups is 2. The summed E-state index contributed by atoms with van der Waals surface area (Å²) in [5, 5.41) is 3.17. The van der Waals surface area contributed by atoms with E-state index in [-0.39, 0.29) is 18.0 Å². The molecule has 0 aliphatic heterocycles. The van der Waals surface area contributed by atoms with E-state index in [1.807, 2.05) is 20.8 Å². The average molecular weight is 363 g/mol. The van der Waals surface area contributed by atoms with Crippen molar-refractivity contribution in [1.82, 2.24) is 9.88 Å². The molecule has 134 valence electrons. The lowest BCUT2D eigenvalue weighted by Crippen LogP contribution is -2.39. The summed E-state index contributed by atoms with van der Waals surface area (Å²) in [6, 6.07) is 5.81. The molecule has 2 rings (SSSR count). The van der Waals surface area contributed by atoms with E-state index >= 15 is 0 Å². The normalized spacial score (nSPS) is 10.8. The number of halogens is 1. The summed E-state index contributed by atoms with van der Waals surface area (Å²) < 4.78 is 13.9. The van der Waals surface area contributed by atoms with Crippen LogP contribution in [0.15, 0.2) is 30.5 Å². The smallest absolute Gasteiger partial charge is 0.257 e. The Kier molecular flexibility index (Phi) is 6.64. The van der Waals surface area contributed by atoms with E-state index in [2.05, 4.69) is 10.3 Å². The molecule has 5 nitrogen and oxygen atoms in total. The molecule has 0 bridgehead atoms. The third kappa shape index (κ3) is 5.63. The van der Waals surface area contributed by atoms with Crippen molar-refractivity contribution in [1.29, 1.82) is 0 Å². The maximum atomic E-state index is 13.9. The third-order valence-electron chi connectivity index (χ3n) is 3.57. The highest BCUT2D eigenvalue weighted by molar-refractivity contribution is 7.15. The number of rotatable bonds is 7. The SMILES string of the molecule is Cc1cnc(NC(=O)CN(CCC(C)C)C(=O)c2ccccc2F)s1. The molecule has 2 aromatic rings. The van der Waals surface area contributed by atoms with Gasteiger partial charge in [0, 0.05) is 17.6 Å². The van der Waals surface area contributed by atoms with E-state index in [9.17, 15) is 14.0 Å². The fourth-order valence-corrected chi connectivity index (χ4v) is 2.90. The van der Waals surface area contributed by atoms with E-state index in [1.165, 1.54) is 34.4 Å². The van der Waals surface area contributed by atoms with Crippen LogP contribution < -0.4 is 5.32 Å². The molecule has 1 heterocycles. The van der Waals surface area contributed by atoms with Gasteiger partial charge in [0.25, 0.3) is 5.91 Å². The third-order valence-corrected chi connectivity index (χ3v) is 4.40. The van der Waals surface area contributed by atoms with Crippen molar-refractivity contribution in [3.8, 4) is 0 Å². The lowest BCUT2D eigenvalue weighted by molar-refractivity contribution is -0.116. The molecule has 0 aliphatic rings. The van der Waals surface area contributed by atoms with E-state index < -0.39 is 11.7 Å². The molecule has 0 fully saturated rings. The zero-order valence-electron chi connectivity index (χ0n) is 14.6. The number of aryl methyl sites for hydroxylation is 1. The molecule has 0 unspecified atom stereocenters. The second-order valence-electron chi connectivity index (χ2n) is 6.21. The number of amides is 2. The van der Waals surface area contributed by atoms with E-state index in [0.29, 0.717) is 17.6 Å². The maximum absolute atomic E-state index is 13.9. The van der Waals surface area contributed by atoms with Gasteiger partial charge in [-0.3, -0.25) is 9.59 Å². The Morgan fingerprint density at radius 1 is 1.32 bits per heavy atom. The van der Waals surface area contributed by atoms with Crippen molar-refractivity contribution in [2.75, 3.05) is 18.4 Å².